The van der Waals surface area contributed by atoms with Crippen LogP contribution in [0.5, 0.6) is 0 Å². The zero-order valence-electron chi connectivity index (χ0n) is 65.9. The highest BCUT2D eigenvalue weighted by Crippen LogP contribution is 2.44. The highest BCUT2D eigenvalue weighted by molar-refractivity contribution is 6.62. The van der Waals surface area contributed by atoms with Crippen LogP contribution >= 0.6 is 11.6 Å². The van der Waals surface area contributed by atoms with Gasteiger partial charge in [0.1, 0.15) is 27.5 Å². The van der Waals surface area contributed by atoms with E-state index in [1.165, 1.54) is 0 Å². The maximum Gasteiger partial charge on any atom is 0.494 e. The SMILES string of the molecule is CC1(C)OB(c2cc(-c3ccc(-c4nc(-c5ccccc5)nc(-c5ccccc5)n4)cc3)c3c(c2)oc2ccccc23)OC1(C)C.Clc1cc(-c2ccccc2)nc(-c2ccccc2)n1.c1ccc(-c2cc(-c3cc(-c4ccc(-c5nc(-c6ccccc6)nc(-c6ccccc6)n5)cc4)c4c(c3)oc3ccccc34)nc(-c3ccccc3)n2)cc1. The van der Waals surface area contributed by atoms with Crippen LogP contribution in [0.1, 0.15) is 27.7 Å². The van der Waals surface area contributed by atoms with Gasteiger partial charge in [0.05, 0.1) is 28.3 Å². The highest BCUT2D eigenvalue weighted by atomic mass is 35.5. The number of furan rings is 2. The molecule has 7 heterocycles. The maximum absolute atomic E-state index is 6.54. The van der Waals surface area contributed by atoms with Crippen molar-refractivity contribution in [3.63, 3.8) is 0 Å². The van der Waals surface area contributed by atoms with Crippen molar-refractivity contribution in [3.05, 3.63) is 381 Å². The summed E-state index contributed by atoms with van der Waals surface area (Å²) in [7, 11) is -0.515. The Kier molecular flexibility index (Phi) is 20.5. The molecule has 14 aromatic carbocycles. The Bertz CT molecular complexity index is 6830. The minimum Gasteiger partial charge on any atom is -0.456 e. The molecule has 1 fully saturated rings. The molecule has 0 atom stereocenters. The van der Waals surface area contributed by atoms with Crippen molar-refractivity contribution in [2.45, 2.75) is 38.9 Å². The van der Waals surface area contributed by atoms with Crippen molar-refractivity contribution < 1.29 is 18.1 Å². The lowest BCUT2D eigenvalue weighted by molar-refractivity contribution is 0.00578. The molecule has 16 heteroatoms. The smallest absolute Gasteiger partial charge is 0.456 e. The molecule has 574 valence electrons. The lowest BCUT2D eigenvalue weighted by Gasteiger charge is -2.32. The summed E-state index contributed by atoms with van der Waals surface area (Å²) in [5.41, 5.74) is 20.3. The fourth-order valence-corrected chi connectivity index (χ4v) is 15.1. The van der Waals surface area contributed by atoms with Crippen molar-refractivity contribution in [1.82, 2.24) is 49.8 Å². The molecule has 0 saturated carbocycles. The molecule has 0 bridgehead atoms. The minimum atomic E-state index is -0.515. The predicted molar refractivity (Wildman–Crippen MR) is 483 cm³/mol. The van der Waals surface area contributed by atoms with Crippen molar-refractivity contribution >= 4 is 68.1 Å². The van der Waals surface area contributed by atoms with Gasteiger partial charge in [-0.15, -0.1) is 0 Å². The number of aromatic nitrogens is 10. The van der Waals surface area contributed by atoms with Crippen LogP contribution in [0.15, 0.2) is 385 Å². The largest absolute Gasteiger partial charge is 0.494 e. The van der Waals surface area contributed by atoms with Crippen LogP contribution in [-0.4, -0.2) is 68.2 Å². The van der Waals surface area contributed by atoms with Crippen LogP contribution in [0, 0.1) is 0 Å². The third-order valence-corrected chi connectivity index (χ3v) is 21.9. The van der Waals surface area contributed by atoms with E-state index in [0.717, 1.165) is 150 Å². The number of rotatable bonds is 14. The summed E-state index contributed by atoms with van der Waals surface area (Å²) in [6.07, 6.45) is 0. The van der Waals surface area contributed by atoms with E-state index in [1.54, 1.807) is 6.07 Å². The summed E-state index contributed by atoms with van der Waals surface area (Å²) in [6, 6.07) is 126. The van der Waals surface area contributed by atoms with Gasteiger partial charge in [0.2, 0.25) is 0 Å². The van der Waals surface area contributed by atoms with Crippen molar-refractivity contribution in [3.8, 4) is 147 Å². The van der Waals surface area contributed by atoms with E-state index < -0.39 is 18.3 Å². The normalized spacial score (nSPS) is 12.8. The quantitative estimate of drug-likeness (QED) is 0.0743. The molecule has 0 amide bonds. The van der Waals surface area contributed by atoms with E-state index in [0.29, 0.717) is 51.7 Å². The maximum atomic E-state index is 6.54. The summed E-state index contributed by atoms with van der Waals surface area (Å²) in [5.74, 6) is 5.05. The Labute approximate surface area is 698 Å². The first-order valence-corrected chi connectivity index (χ1v) is 40.1. The molecule has 1 aliphatic rings. The van der Waals surface area contributed by atoms with Crippen LogP contribution in [-0.2, 0) is 9.31 Å². The van der Waals surface area contributed by atoms with Gasteiger partial charge in [-0.1, -0.05) is 345 Å². The molecule has 0 N–H and O–H groups in total. The number of fused-ring (bicyclic) bond motifs is 6. The second kappa shape index (κ2) is 32.7. The van der Waals surface area contributed by atoms with Gasteiger partial charge in [-0.2, -0.15) is 0 Å². The summed E-state index contributed by atoms with van der Waals surface area (Å²) in [6.45, 7) is 8.28. The van der Waals surface area contributed by atoms with Gasteiger partial charge in [0.25, 0.3) is 0 Å². The van der Waals surface area contributed by atoms with E-state index in [4.69, 9.17) is 69.6 Å². The van der Waals surface area contributed by atoms with E-state index in [-0.39, 0.29) is 0 Å². The van der Waals surface area contributed by atoms with Crippen LogP contribution in [0.3, 0.4) is 0 Å². The summed E-state index contributed by atoms with van der Waals surface area (Å²) < 4.78 is 25.8. The minimum absolute atomic E-state index is 0.452. The van der Waals surface area contributed by atoms with Crippen LogP contribution in [0.25, 0.3) is 191 Å². The second-order valence-electron chi connectivity index (χ2n) is 30.2. The summed E-state index contributed by atoms with van der Waals surface area (Å²) in [5, 5.41) is 4.67. The van der Waals surface area contributed by atoms with Gasteiger partial charge < -0.3 is 18.1 Å². The molecule has 0 unspecified atom stereocenters. The van der Waals surface area contributed by atoms with Gasteiger partial charge in [-0.25, -0.2) is 49.8 Å². The monoisotopic (exact) mass is 1570 g/mol. The van der Waals surface area contributed by atoms with Gasteiger partial charge in [-0.3, -0.25) is 0 Å². The number of para-hydroxylation sites is 2. The molecule has 14 nitrogen and oxygen atoms in total. The molecule has 21 rings (SSSR count). The van der Waals surface area contributed by atoms with Crippen molar-refractivity contribution in [1.29, 1.82) is 0 Å². The summed E-state index contributed by atoms with van der Waals surface area (Å²) in [4.78, 5) is 48.4. The van der Waals surface area contributed by atoms with Gasteiger partial charge in [0, 0.05) is 88.8 Å². The first-order chi connectivity index (χ1) is 58.8. The van der Waals surface area contributed by atoms with E-state index in [1.807, 2.05) is 261 Å². The predicted octanol–water partition coefficient (Wildman–Crippen LogP) is 25.4. The molecular formula is C104H74BClN10O4. The second-order valence-corrected chi connectivity index (χ2v) is 30.6. The fraction of sp³-hybridized carbons (Fsp3) is 0.0577. The van der Waals surface area contributed by atoms with Gasteiger partial charge >= 0.3 is 7.12 Å². The molecule has 0 aliphatic carbocycles. The van der Waals surface area contributed by atoms with E-state index in [9.17, 15) is 0 Å². The zero-order valence-corrected chi connectivity index (χ0v) is 66.6. The van der Waals surface area contributed by atoms with E-state index in [2.05, 4.69) is 147 Å². The topological polar surface area (TPSA) is 174 Å². The average molecular weight is 1570 g/mol. The first kappa shape index (κ1) is 75.2. The van der Waals surface area contributed by atoms with Gasteiger partial charge in [0.15, 0.2) is 46.6 Å². The molecule has 0 spiro atoms. The molecular weight excluding hydrogens is 1500 g/mol. The lowest BCUT2D eigenvalue weighted by Crippen LogP contribution is -2.41. The fourth-order valence-electron chi connectivity index (χ4n) is 14.9. The highest BCUT2D eigenvalue weighted by Gasteiger charge is 2.52. The molecule has 6 aromatic heterocycles. The third-order valence-electron chi connectivity index (χ3n) is 21.7. The third kappa shape index (κ3) is 15.7. The van der Waals surface area contributed by atoms with Crippen LogP contribution in [0.4, 0.5) is 0 Å². The number of benzene rings is 14. The molecule has 0 radical (unpaired) electrons. The standard InChI is InChI=1S/C49H31N5O.C39H32BN3O3.C16H11ClN2/c1-5-15-33(16-6-1)41-31-42(51-46(50-41)34-17-7-2-8-18-34)38-29-40(45-39-23-13-14-24-43(39)55-44(45)30-38)32-25-27-37(28-26-32)49-53-47(35-19-9-3-10-20-35)52-48(54-49)36-21-11-4-12-22-36;1-38(2)39(3,4)46-40(45-38)29-23-31(34-30-17-11-12-18-32(30)44-33(34)24-29)25-19-21-28(22-20-25)37-42-35(26-13-7-5-8-14-26)41-36(43-37)27-15-9-6-10-16-27;17-15-11-14(12-7-3-1-4-8-12)18-16(19-15)13-9-5-2-6-10-13/h1-31H;5-24H,1-4H3;1-11H. The van der Waals surface area contributed by atoms with Crippen LogP contribution in [0.2, 0.25) is 5.15 Å². The zero-order chi connectivity index (χ0) is 81.1. The Hall–Kier alpha value is -14.9. The summed E-state index contributed by atoms with van der Waals surface area (Å²) >= 11 is 6.10. The van der Waals surface area contributed by atoms with E-state index >= 15 is 0 Å². The molecule has 1 aliphatic heterocycles. The van der Waals surface area contributed by atoms with Crippen molar-refractivity contribution in [2.75, 3.05) is 0 Å². The molecule has 1 saturated heterocycles. The number of nitrogens with zero attached hydrogens (tertiary/aromatic N) is 10. The number of halogens is 1. The van der Waals surface area contributed by atoms with Crippen LogP contribution < -0.4 is 5.46 Å². The van der Waals surface area contributed by atoms with Gasteiger partial charge in [-0.05, 0) is 91.8 Å². The number of hydrogen-bond donors (Lipinski definition) is 0. The Morgan fingerprint density at radius 1 is 0.225 bits per heavy atom. The van der Waals surface area contributed by atoms with Crippen molar-refractivity contribution in [2.24, 2.45) is 0 Å². The Balaban J connectivity index is 0.000000132. The number of hydrogen-bond acceptors (Lipinski definition) is 14. The Morgan fingerprint density at radius 2 is 0.492 bits per heavy atom. The first-order valence-electron chi connectivity index (χ1n) is 39.7. The molecule has 120 heavy (non-hydrogen) atoms. The molecule has 20 aromatic rings. The lowest BCUT2D eigenvalue weighted by atomic mass is 9.77. The Morgan fingerprint density at radius 3 is 0.850 bits per heavy atom. The average Bonchev–Trinajstić information content (AvgIpc) is 1.59.